The number of hydrogen-bond donors (Lipinski definition) is 0. The standard InChI is InChI=1S/C8H6F3/c1-2-5-3-6(9)4-7(10)8(5)11/h3-4H,1-2H2. The van der Waals surface area contributed by atoms with Crippen LogP contribution in [0.4, 0.5) is 13.2 Å². The van der Waals surface area contributed by atoms with Crippen LogP contribution in [0.25, 0.3) is 0 Å². The Balaban J connectivity index is 3.24. The molecule has 0 aliphatic carbocycles. The molecular formula is C8H6F3. The highest BCUT2D eigenvalue weighted by Gasteiger charge is 2.08. The van der Waals surface area contributed by atoms with Crippen molar-refractivity contribution in [2.75, 3.05) is 0 Å². The molecule has 0 fully saturated rings. The van der Waals surface area contributed by atoms with Crippen molar-refractivity contribution in [3.8, 4) is 0 Å². The van der Waals surface area contributed by atoms with Crippen LogP contribution in [-0.2, 0) is 6.42 Å². The number of hydrogen-bond acceptors (Lipinski definition) is 0. The highest BCUT2D eigenvalue weighted by molar-refractivity contribution is 5.20. The summed E-state index contributed by atoms with van der Waals surface area (Å²) in [5, 5.41) is 0. The summed E-state index contributed by atoms with van der Waals surface area (Å²) in [6.45, 7) is 3.33. The first kappa shape index (κ1) is 8.11. The molecule has 1 radical (unpaired) electrons. The van der Waals surface area contributed by atoms with Crippen LogP contribution in [0, 0.1) is 24.4 Å². The van der Waals surface area contributed by atoms with Gasteiger partial charge in [0, 0.05) is 6.07 Å². The molecule has 0 aliphatic heterocycles. The van der Waals surface area contributed by atoms with Gasteiger partial charge in [0.1, 0.15) is 5.82 Å². The summed E-state index contributed by atoms with van der Waals surface area (Å²) in [6, 6.07) is 1.44. The number of rotatable bonds is 1. The van der Waals surface area contributed by atoms with Crippen molar-refractivity contribution in [1.29, 1.82) is 0 Å². The lowest BCUT2D eigenvalue weighted by atomic mass is 10.1. The van der Waals surface area contributed by atoms with Gasteiger partial charge in [0.25, 0.3) is 0 Å². The monoisotopic (exact) mass is 159 g/mol. The molecule has 1 rings (SSSR count). The Kier molecular flexibility index (Phi) is 2.17. The molecule has 0 amide bonds. The quantitative estimate of drug-likeness (QED) is 0.552. The predicted octanol–water partition coefficient (Wildman–Crippen LogP) is 2.48. The second-order valence-corrected chi connectivity index (χ2v) is 2.11. The summed E-state index contributed by atoms with van der Waals surface area (Å²) in [5.41, 5.74) is -0.0394. The van der Waals surface area contributed by atoms with Crippen molar-refractivity contribution in [1.82, 2.24) is 0 Å². The molecule has 3 heteroatoms. The first-order valence-electron chi connectivity index (χ1n) is 3.08. The average Bonchev–Trinajstić information content (AvgIpc) is 1.96. The number of halogens is 3. The van der Waals surface area contributed by atoms with Gasteiger partial charge in [-0.3, -0.25) is 0 Å². The fourth-order valence-electron chi connectivity index (χ4n) is 0.791. The zero-order chi connectivity index (χ0) is 8.43. The van der Waals surface area contributed by atoms with Gasteiger partial charge in [-0.05, 0) is 25.0 Å². The third-order valence-electron chi connectivity index (χ3n) is 1.34. The van der Waals surface area contributed by atoms with Gasteiger partial charge < -0.3 is 0 Å². The van der Waals surface area contributed by atoms with Crippen LogP contribution >= 0.6 is 0 Å². The van der Waals surface area contributed by atoms with Crippen LogP contribution in [-0.4, -0.2) is 0 Å². The predicted molar refractivity (Wildman–Crippen MR) is 35.4 cm³/mol. The van der Waals surface area contributed by atoms with Gasteiger partial charge in [-0.25, -0.2) is 13.2 Å². The van der Waals surface area contributed by atoms with Crippen LogP contribution in [0.15, 0.2) is 12.1 Å². The van der Waals surface area contributed by atoms with E-state index in [-0.39, 0.29) is 12.0 Å². The van der Waals surface area contributed by atoms with E-state index >= 15 is 0 Å². The van der Waals surface area contributed by atoms with E-state index in [0.717, 1.165) is 6.07 Å². The fraction of sp³-hybridized carbons (Fsp3) is 0.125. The molecule has 0 aromatic heterocycles. The third-order valence-corrected chi connectivity index (χ3v) is 1.34. The Labute approximate surface area is 62.7 Å². The second-order valence-electron chi connectivity index (χ2n) is 2.11. The molecule has 0 spiro atoms. The van der Waals surface area contributed by atoms with E-state index in [1.165, 1.54) is 0 Å². The summed E-state index contributed by atoms with van der Waals surface area (Å²) in [4.78, 5) is 0. The lowest BCUT2D eigenvalue weighted by molar-refractivity contribution is 0.487. The molecule has 0 atom stereocenters. The zero-order valence-electron chi connectivity index (χ0n) is 5.70. The maximum atomic E-state index is 12.6. The zero-order valence-corrected chi connectivity index (χ0v) is 5.70. The first-order valence-corrected chi connectivity index (χ1v) is 3.08. The topological polar surface area (TPSA) is 0 Å². The van der Waals surface area contributed by atoms with Crippen molar-refractivity contribution in [3.63, 3.8) is 0 Å². The Bertz CT molecular complexity index is 268. The van der Waals surface area contributed by atoms with Crippen molar-refractivity contribution in [3.05, 3.63) is 42.1 Å². The SMILES string of the molecule is [CH2]Cc1cc(F)cc(F)c1F. The summed E-state index contributed by atoms with van der Waals surface area (Å²) in [7, 11) is 0. The van der Waals surface area contributed by atoms with Gasteiger partial charge in [0.2, 0.25) is 0 Å². The average molecular weight is 159 g/mol. The van der Waals surface area contributed by atoms with Gasteiger partial charge in [-0.2, -0.15) is 0 Å². The lowest BCUT2D eigenvalue weighted by Gasteiger charge is -1.99. The maximum absolute atomic E-state index is 12.6. The molecule has 0 N–H and O–H groups in total. The van der Waals surface area contributed by atoms with Gasteiger partial charge in [-0.1, -0.05) is 0 Å². The Morgan fingerprint density at radius 1 is 1.18 bits per heavy atom. The number of benzene rings is 1. The van der Waals surface area contributed by atoms with Crippen LogP contribution in [0.1, 0.15) is 5.56 Å². The van der Waals surface area contributed by atoms with Crippen LogP contribution in [0.5, 0.6) is 0 Å². The molecule has 0 nitrogen and oxygen atoms in total. The highest BCUT2D eigenvalue weighted by atomic mass is 19.2. The maximum Gasteiger partial charge on any atom is 0.162 e. The van der Waals surface area contributed by atoms with Gasteiger partial charge in [-0.15, -0.1) is 0 Å². The van der Waals surface area contributed by atoms with E-state index < -0.39 is 17.5 Å². The molecule has 0 unspecified atom stereocenters. The van der Waals surface area contributed by atoms with Crippen molar-refractivity contribution >= 4 is 0 Å². The Hall–Kier alpha value is -0.990. The van der Waals surface area contributed by atoms with E-state index in [0.29, 0.717) is 6.07 Å². The van der Waals surface area contributed by atoms with Gasteiger partial charge in [0.15, 0.2) is 11.6 Å². The van der Waals surface area contributed by atoms with Crippen LogP contribution in [0.2, 0.25) is 0 Å². The molecule has 11 heavy (non-hydrogen) atoms. The summed E-state index contributed by atoms with van der Waals surface area (Å²) in [5.74, 6) is -2.95. The van der Waals surface area contributed by atoms with E-state index in [9.17, 15) is 13.2 Å². The molecule has 1 aromatic carbocycles. The minimum absolute atomic E-state index is 0.0394. The van der Waals surface area contributed by atoms with E-state index in [1.807, 2.05) is 0 Å². The van der Waals surface area contributed by atoms with Gasteiger partial charge >= 0.3 is 0 Å². The van der Waals surface area contributed by atoms with Gasteiger partial charge in [0.05, 0.1) is 0 Å². The molecule has 59 valence electrons. The van der Waals surface area contributed by atoms with Crippen LogP contribution in [0.3, 0.4) is 0 Å². The van der Waals surface area contributed by atoms with E-state index in [2.05, 4.69) is 6.92 Å². The normalized spacial score (nSPS) is 10.2. The van der Waals surface area contributed by atoms with Crippen molar-refractivity contribution in [2.45, 2.75) is 6.42 Å². The van der Waals surface area contributed by atoms with E-state index in [1.54, 1.807) is 0 Å². The third kappa shape index (κ3) is 1.53. The molecule has 0 aliphatic rings. The molecule has 0 bridgehead atoms. The summed E-state index contributed by atoms with van der Waals surface area (Å²) in [6.07, 6.45) is 0.0422. The van der Waals surface area contributed by atoms with Crippen molar-refractivity contribution < 1.29 is 13.2 Å². The minimum atomic E-state index is -1.16. The second kappa shape index (κ2) is 2.95. The summed E-state index contributed by atoms with van der Waals surface area (Å²) < 4.78 is 37.3. The molecule has 1 aromatic rings. The Morgan fingerprint density at radius 3 is 2.36 bits per heavy atom. The molecule has 0 saturated heterocycles. The molecule has 0 heterocycles. The largest absolute Gasteiger partial charge is 0.207 e. The smallest absolute Gasteiger partial charge is 0.162 e. The molecule has 0 saturated carbocycles. The van der Waals surface area contributed by atoms with E-state index in [4.69, 9.17) is 0 Å². The Morgan fingerprint density at radius 2 is 1.82 bits per heavy atom. The highest BCUT2D eigenvalue weighted by Crippen LogP contribution is 2.13. The summed E-state index contributed by atoms with van der Waals surface area (Å²) >= 11 is 0. The van der Waals surface area contributed by atoms with Crippen LogP contribution < -0.4 is 0 Å². The minimum Gasteiger partial charge on any atom is -0.207 e. The molecular weight excluding hydrogens is 153 g/mol. The lowest BCUT2D eigenvalue weighted by Crippen LogP contribution is -1.94. The van der Waals surface area contributed by atoms with Crippen molar-refractivity contribution in [2.24, 2.45) is 0 Å². The first-order chi connectivity index (χ1) is 5.15. The fourth-order valence-corrected chi connectivity index (χ4v) is 0.791.